The van der Waals surface area contributed by atoms with Crippen molar-refractivity contribution in [2.75, 3.05) is 13.7 Å². The molecule has 0 saturated carbocycles. The lowest BCUT2D eigenvalue weighted by Crippen LogP contribution is -2.07. The highest BCUT2D eigenvalue weighted by Gasteiger charge is 2.26. The predicted octanol–water partition coefficient (Wildman–Crippen LogP) is 4.00. The summed E-state index contributed by atoms with van der Waals surface area (Å²) < 4.78 is 10.3. The summed E-state index contributed by atoms with van der Waals surface area (Å²) in [4.78, 5) is 12.4. The highest BCUT2D eigenvalue weighted by Crippen LogP contribution is 2.34. The standard InChI is InChI=1S/C20H19ClN2O4/c1-3-27-20(25)18-16(12-6-10-15(26-2)11-7-12)17(22-23-18)19(24)13-4-8-14(21)9-5-13/h4-11,19,24H,3H2,1-2H3,(H,22,23). The van der Waals surface area contributed by atoms with Crippen LogP contribution in [0.1, 0.15) is 34.8 Å². The number of hydrogen-bond donors (Lipinski definition) is 2. The average Bonchev–Trinajstić information content (AvgIpc) is 3.13. The van der Waals surface area contributed by atoms with Crippen LogP contribution in [0.2, 0.25) is 5.02 Å². The fourth-order valence-electron chi connectivity index (χ4n) is 2.76. The molecule has 0 saturated heterocycles. The first-order chi connectivity index (χ1) is 13.0. The van der Waals surface area contributed by atoms with Gasteiger partial charge in [0.2, 0.25) is 0 Å². The molecule has 0 fully saturated rings. The molecule has 1 heterocycles. The molecule has 27 heavy (non-hydrogen) atoms. The maximum Gasteiger partial charge on any atom is 0.359 e. The van der Waals surface area contributed by atoms with Crippen LogP contribution < -0.4 is 4.74 Å². The topological polar surface area (TPSA) is 84.4 Å². The summed E-state index contributed by atoms with van der Waals surface area (Å²) in [6.07, 6.45) is -1.02. The molecule has 1 atom stereocenters. The van der Waals surface area contributed by atoms with E-state index >= 15 is 0 Å². The summed E-state index contributed by atoms with van der Waals surface area (Å²) in [7, 11) is 1.58. The molecule has 0 aliphatic heterocycles. The van der Waals surface area contributed by atoms with E-state index in [0.717, 1.165) is 0 Å². The lowest BCUT2D eigenvalue weighted by molar-refractivity contribution is 0.0520. The van der Waals surface area contributed by atoms with Crippen LogP contribution in [0.3, 0.4) is 0 Å². The molecule has 7 heteroatoms. The van der Waals surface area contributed by atoms with E-state index in [1.165, 1.54) is 0 Å². The lowest BCUT2D eigenvalue weighted by Gasteiger charge is -2.13. The van der Waals surface area contributed by atoms with Gasteiger partial charge in [-0.05, 0) is 42.3 Å². The number of aromatic nitrogens is 2. The Labute approximate surface area is 161 Å². The van der Waals surface area contributed by atoms with Crippen molar-refractivity contribution in [3.8, 4) is 16.9 Å². The Bertz CT molecular complexity index is 920. The summed E-state index contributed by atoms with van der Waals surface area (Å²) in [6, 6.07) is 14.0. The van der Waals surface area contributed by atoms with E-state index in [9.17, 15) is 9.90 Å². The predicted molar refractivity (Wildman–Crippen MR) is 102 cm³/mol. The maximum absolute atomic E-state index is 12.4. The highest BCUT2D eigenvalue weighted by molar-refractivity contribution is 6.30. The molecule has 3 aromatic rings. The molecular weight excluding hydrogens is 368 g/mol. The van der Waals surface area contributed by atoms with E-state index in [1.54, 1.807) is 62.6 Å². The maximum atomic E-state index is 12.4. The van der Waals surface area contributed by atoms with Gasteiger partial charge < -0.3 is 14.6 Å². The van der Waals surface area contributed by atoms with E-state index in [0.29, 0.717) is 33.2 Å². The van der Waals surface area contributed by atoms with Crippen molar-refractivity contribution in [1.29, 1.82) is 0 Å². The first-order valence-electron chi connectivity index (χ1n) is 8.38. The minimum Gasteiger partial charge on any atom is -0.497 e. The molecule has 6 nitrogen and oxygen atoms in total. The number of methoxy groups -OCH3 is 1. The summed E-state index contributed by atoms with van der Waals surface area (Å²) in [5.74, 6) is 0.119. The number of nitrogens with one attached hydrogen (secondary N) is 1. The van der Waals surface area contributed by atoms with Gasteiger partial charge in [0.15, 0.2) is 5.69 Å². The number of ether oxygens (including phenoxy) is 2. The Morgan fingerprint density at radius 1 is 1.19 bits per heavy atom. The van der Waals surface area contributed by atoms with Gasteiger partial charge in [0, 0.05) is 10.6 Å². The van der Waals surface area contributed by atoms with Crippen molar-refractivity contribution in [3.63, 3.8) is 0 Å². The Morgan fingerprint density at radius 2 is 1.85 bits per heavy atom. The number of benzene rings is 2. The fourth-order valence-corrected chi connectivity index (χ4v) is 2.89. The van der Waals surface area contributed by atoms with Gasteiger partial charge in [-0.15, -0.1) is 0 Å². The Kier molecular flexibility index (Phi) is 5.78. The number of aliphatic hydroxyl groups excluding tert-OH is 1. The van der Waals surface area contributed by atoms with Crippen LogP contribution >= 0.6 is 11.6 Å². The lowest BCUT2D eigenvalue weighted by atomic mass is 9.97. The van der Waals surface area contributed by atoms with Gasteiger partial charge in [-0.1, -0.05) is 35.9 Å². The molecule has 1 unspecified atom stereocenters. The third-order valence-corrected chi connectivity index (χ3v) is 4.35. The van der Waals surface area contributed by atoms with Crippen molar-refractivity contribution in [2.24, 2.45) is 0 Å². The second-order valence-electron chi connectivity index (χ2n) is 5.76. The van der Waals surface area contributed by atoms with Crippen LogP contribution in [-0.2, 0) is 4.74 Å². The largest absolute Gasteiger partial charge is 0.497 e. The summed E-state index contributed by atoms with van der Waals surface area (Å²) in [6.45, 7) is 1.95. The van der Waals surface area contributed by atoms with Crippen molar-refractivity contribution >= 4 is 17.6 Å². The number of aromatic amines is 1. The van der Waals surface area contributed by atoms with E-state index in [-0.39, 0.29) is 12.3 Å². The number of carbonyl (C=O) groups excluding carboxylic acids is 1. The minimum atomic E-state index is -1.02. The van der Waals surface area contributed by atoms with Crippen LogP contribution in [0.4, 0.5) is 0 Å². The van der Waals surface area contributed by atoms with Crippen LogP contribution in [-0.4, -0.2) is 35.0 Å². The molecule has 0 radical (unpaired) electrons. The molecule has 140 valence electrons. The molecule has 2 N–H and O–H groups in total. The first kappa shape index (κ1) is 18.9. The number of rotatable bonds is 6. The third-order valence-electron chi connectivity index (χ3n) is 4.10. The normalized spacial score (nSPS) is 11.9. The molecule has 1 aromatic heterocycles. The minimum absolute atomic E-state index is 0.116. The zero-order chi connectivity index (χ0) is 19.4. The van der Waals surface area contributed by atoms with Crippen LogP contribution in [0.15, 0.2) is 48.5 Å². The second-order valence-corrected chi connectivity index (χ2v) is 6.20. The third kappa shape index (κ3) is 3.97. The van der Waals surface area contributed by atoms with Crippen molar-refractivity contribution in [2.45, 2.75) is 13.0 Å². The number of carbonyl (C=O) groups is 1. The molecule has 0 amide bonds. The van der Waals surface area contributed by atoms with Gasteiger partial charge in [0.1, 0.15) is 11.9 Å². The zero-order valence-electron chi connectivity index (χ0n) is 14.9. The number of esters is 1. The summed E-state index contributed by atoms with van der Waals surface area (Å²) in [5, 5.41) is 18.3. The molecule has 0 aliphatic rings. The van der Waals surface area contributed by atoms with Gasteiger partial charge in [-0.25, -0.2) is 4.79 Å². The van der Waals surface area contributed by atoms with E-state index < -0.39 is 12.1 Å². The van der Waals surface area contributed by atoms with E-state index in [2.05, 4.69) is 10.2 Å². The van der Waals surface area contributed by atoms with Crippen LogP contribution in [0.25, 0.3) is 11.1 Å². The smallest absolute Gasteiger partial charge is 0.359 e. The second kappa shape index (κ2) is 8.24. The molecule has 0 aliphatic carbocycles. The highest BCUT2D eigenvalue weighted by atomic mass is 35.5. The SMILES string of the molecule is CCOC(=O)c1n[nH]c(C(O)c2ccc(Cl)cc2)c1-c1ccc(OC)cc1. The molecule has 0 spiro atoms. The quantitative estimate of drug-likeness (QED) is 0.625. The van der Waals surface area contributed by atoms with Crippen molar-refractivity contribution in [3.05, 3.63) is 70.5 Å². The molecule has 0 bridgehead atoms. The van der Waals surface area contributed by atoms with E-state index in [1.807, 2.05) is 0 Å². The van der Waals surface area contributed by atoms with Crippen molar-refractivity contribution in [1.82, 2.24) is 10.2 Å². The van der Waals surface area contributed by atoms with Crippen molar-refractivity contribution < 1.29 is 19.4 Å². The molecule has 3 rings (SSSR count). The first-order valence-corrected chi connectivity index (χ1v) is 8.76. The number of H-pyrrole nitrogens is 1. The number of nitrogens with zero attached hydrogens (tertiary/aromatic N) is 1. The summed E-state index contributed by atoms with van der Waals surface area (Å²) >= 11 is 5.92. The van der Waals surface area contributed by atoms with Gasteiger partial charge in [-0.3, -0.25) is 5.10 Å². The summed E-state index contributed by atoms with van der Waals surface area (Å²) in [5.41, 5.74) is 2.32. The average molecular weight is 387 g/mol. The van der Waals surface area contributed by atoms with Gasteiger partial charge in [0.05, 0.1) is 19.4 Å². The Balaban J connectivity index is 2.10. The van der Waals surface area contributed by atoms with E-state index in [4.69, 9.17) is 21.1 Å². The van der Waals surface area contributed by atoms with Gasteiger partial charge in [-0.2, -0.15) is 5.10 Å². The van der Waals surface area contributed by atoms with Gasteiger partial charge in [0.25, 0.3) is 0 Å². The van der Waals surface area contributed by atoms with Crippen LogP contribution in [0.5, 0.6) is 5.75 Å². The monoisotopic (exact) mass is 386 g/mol. The number of hydrogen-bond acceptors (Lipinski definition) is 5. The molecular formula is C20H19ClN2O4. The molecule has 2 aromatic carbocycles. The fraction of sp³-hybridized carbons (Fsp3) is 0.200. The Hall–Kier alpha value is -2.83. The number of halogens is 1. The number of aliphatic hydroxyl groups is 1. The van der Waals surface area contributed by atoms with Crippen LogP contribution in [0, 0.1) is 0 Å². The zero-order valence-corrected chi connectivity index (χ0v) is 15.7. The Morgan fingerprint density at radius 3 is 2.44 bits per heavy atom. The van der Waals surface area contributed by atoms with Gasteiger partial charge >= 0.3 is 5.97 Å².